The summed E-state index contributed by atoms with van der Waals surface area (Å²) in [5, 5.41) is 5.48. The molecule has 13 nitrogen and oxygen atoms in total. The van der Waals surface area contributed by atoms with E-state index in [9.17, 15) is 35.9 Å². The zero-order valence-electron chi connectivity index (χ0n) is 31.9. The molecule has 1 N–H and O–H groups in total. The van der Waals surface area contributed by atoms with Gasteiger partial charge in [-0.2, -0.15) is 26.3 Å². The van der Waals surface area contributed by atoms with E-state index in [0.717, 1.165) is 67.9 Å². The molecule has 8 rings (SSSR count). The lowest BCUT2D eigenvalue weighted by Crippen LogP contribution is -2.44. The van der Waals surface area contributed by atoms with Crippen molar-refractivity contribution in [2.24, 2.45) is 4.99 Å². The first-order valence-corrected chi connectivity index (χ1v) is 20.3. The number of anilines is 2. The number of urea groups is 2. The van der Waals surface area contributed by atoms with E-state index in [2.05, 4.69) is 30.2 Å². The molecule has 0 unspecified atom stereocenters. The zero-order chi connectivity index (χ0) is 42.2. The van der Waals surface area contributed by atoms with Gasteiger partial charge in [-0.15, -0.1) is 22.7 Å². The highest BCUT2D eigenvalue weighted by atomic mass is 35.5. The summed E-state index contributed by atoms with van der Waals surface area (Å²) >= 11 is 9.03. The summed E-state index contributed by atoms with van der Waals surface area (Å²) in [6, 6.07) is 3.13. The maximum atomic E-state index is 12.7. The topological polar surface area (TPSA) is 132 Å². The SMILES string of the molecule is CN(CCC(F)(F)F)C(=O)N1CCc2c(sc3ncnc(Cl)c23)C1.COc1cc2c(cc1Nc1ncnc3sc4c(c13)CCN(C(=O)N(C)CCC(F)(F)F)C4)C=NC2. The molecule has 4 amide bonds. The Kier molecular flexibility index (Phi) is 12.1. The van der Waals surface area contributed by atoms with Gasteiger partial charge in [-0.1, -0.05) is 11.6 Å². The average Bonchev–Trinajstić information content (AvgIpc) is 3.92. The lowest BCUT2D eigenvalue weighted by molar-refractivity contribution is -0.137. The summed E-state index contributed by atoms with van der Waals surface area (Å²) in [5.41, 5.74) is 4.96. The number of nitrogens with zero attached hydrogens (tertiary/aromatic N) is 9. The number of carbonyl (C=O) groups is 2. The smallest absolute Gasteiger partial charge is 0.390 e. The standard InChI is InChI=1S/C23H23F3N6O2S.C14H14ClF3N4OS/c1-31(6-4-23(24,25)26)22(33)32-5-3-15-18(11-32)35-21-19(15)20(28-12-29-21)30-16-7-13-9-27-10-14(13)8-17(16)34-2;1-21(5-3-14(16,17)18)13(23)22-4-2-8-9(6-22)24-12-10(8)11(15)19-7-20-12/h7-9,12H,3-6,10-11H2,1-2H3,(H,28,29,30);7H,2-6H2,1H3. The molecule has 5 aromatic rings. The predicted octanol–water partition coefficient (Wildman–Crippen LogP) is 8.45. The van der Waals surface area contributed by atoms with E-state index in [4.69, 9.17) is 16.3 Å². The van der Waals surface area contributed by atoms with E-state index in [1.807, 2.05) is 18.3 Å². The van der Waals surface area contributed by atoms with Crippen molar-refractivity contribution in [3.05, 3.63) is 61.9 Å². The van der Waals surface area contributed by atoms with Crippen LogP contribution in [0.2, 0.25) is 5.15 Å². The Labute approximate surface area is 346 Å². The number of benzene rings is 1. The lowest BCUT2D eigenvalue weighted by atomic mass is 10.0. The molecule has 4 aromatic heterocycles. The first kappa shape index (κ1) is 42.1. The molecule has 0 aliphatic carbocycles. The Balaban J connectivity index is 0.000000192. The van der Waals surface area contributed by atoms with Crippen molar-refractivity contribution >= 4 is 84.5 Å². The highest BCUT2D eigenvalue weighted by molar-refractivity contribution is 7.19. The van der Waals surface area contributed by atoms with Gasteiger partial charge in [0.15, 0.2) is 0 Å². The van der Waals surface area contributed by atoms with Gasteiger partial charge >= 0.3 is 24.4 Å². The third-order valence-corrected chi connectivity index (χ3v) is 12.6. The second-order valence-electron chi connectivity index (χ2n) is 14.1. The molecule has 3 aliphatic rings. The maximum absolute atomic E-state index is 12.7. The van der Waals surface area contributed by atoms with Gasteiger partial charge in [0, 0.05) is 56.2 Å². The minimum absolute atomic E-state index is 0.323. The van der Waals surface area contributed by atoms with E-state index < -0.39 is 37.3 Å². The fourth-order valence-electron chi connectivity index (χ4n) is 7.03. The molecular formula is C37H37ClF6N10O3S2. The van der Waals surface area contributed by atoms with Crippen molar-refractivity contribution in [3.8, 4) is 5.75 Å². The number of thiophene rings is 2. The molecule has 0 bridgehead atoms. The number of hydrogen-bond donors (Lipinski definition) is 1. The van der Waals surface area contributed by atoms with E-state index in [0.29, 0.717) is 62.3 Å². The first-order valence-electron chi connectivity index (χ1n) is 18.3. The number of amides is 4. The Morgan fingerprint density at radius 2 is 1.37 bits per heavy atom. The molecule has 7 heterocycles. The van der Waals surface area contributed by atoms with E-state index in [1.54, 1.807) is 16.9 Å². The number of aliphatic imine (C=N–C) groups is 1. The third kappa shape index (κ3) is 9.41. The number of hydrogen-bond acceptors (Lipinski definition) is 11. The molecule has 0 saturated carbocycles. The van der Waals surface area contributed by atoms with Crippen LogP contribution in [0.5, 0.6) is 5.75 Å². The van der Waals surface area contributed by atoms with Crippen LogP contribution < -0.4 is 10.1 Å². The molecule has 0 spiro atoms. The molecule has 22 heteroatoms. The average molecular weight is 883 g/mol. The van der Waals surface area contributed by atoms with E-state index >= 15 is 0 Å². The van der Waals surface area contributed by atoms with Crippen LogP contribution in [0.1, 0.15) is 44.8 Å². The number of aromatic nitrogens is 4. The molecule has 0 saturated heterocycles. The lowest BCUT2D eigenvalue weighted by Gasteiger charge is -2.31. The fraction of sp³-hybridized carbons (Fsp3) is 0.432. The van der Waals surface area contributed by atoms with Crippen molar-refractivity contribution in [1.82, 2.24) is 39.5 Å². The van der Waals surface area contributed by atoms with Gasteiger partial charge in [0.05, 0.1) is 56.0 Å². The van der Waals surface area contributed by atoms with Crippen molar-refractivity contribution in [1.29, 1.82) is 0 Å². The van der Waals surface area contributed by atoms with Crippen LogP contribution in [0.4, 0.5) is 47.4 Å². The molecule has 0 radical (unpaired) electrons. The summed E-state index contributed by atoms with van der Waals surface area (Å²) in [6.45, 7) is 1.41. The highest BCUT2D eigenvalue weighted by Gasteiger charge is 2.33. The van der Waals surface area contributed by atoms with Gasteiger partial charge in [0.25, 0.3) is 0 Å². The van der Waals surface area contributed by atoms with Crippen LogP contribution >= 0.6 is 34.3 Å². The molecule has 59 heavy (non-hydrogen) atoms. The number of carbonyl (C=O) groups excluding carboxylic acids is 2. The van der Waals surface area contributed by atoms with Crippen LogP contribution in [-0.4, -0.2) is 118 Å². The van der Waals surface area contributed by atoms with Crippen molar-refractivity contribution < 1.29 is 40.7 Å². The van der Waals surface area contributed by atoms with Crippen LogP contribution in [0.15, 0.2) is 29.8 Å². The Morgan fingerprint density at radius 3 is 1.93 bits per heavy atom. The normalized spacial score (nSPS) is 14.7. The predicted molar refractivity (Wildman–Crippen MR) is 213 cm³/mol. The van der Waals surface area contributed by atoms with Crippen LogP contribution in [0, 0.1) is 0 Å². The second kappa shape index (κ2) is 16.9. The monoisotopic (exact) mass is 882 g/mol. The first-order chi connectivity index (χ1) is 28.0. The van der Waals surface area contributed by atoms with E-state index in [1.165, 1.54) is 49.4 Å². The quantitative estimate of drug-likeness (QED) is 0.127. The van der Waals surface area contributed by atoms with Gasteiger partial charge in [-0.05, 0) is 47.2 Å². The van der Waals surface area contributed by atoms with Crippen molar-refractivity contribution in [3.63, 3.8) is 0 Å². The van der Waals surface area contributed by atoms with Gasteiger partial charge < -0.3 is 29.7 Å². The Hall–Kier alpha value is -5.02. The molecule has 3 aliphatic heterocycles. The summed E-state index contributed by atoms with van der Waals surface area (Å²) in [7, 11) is 4.40. The summed E-state index contributed by atoms with van der Waals surface area (Å²) in [4.78, 5) is 55.3. The summed E-state index contributed by atoms with van der Waals surface area (Å²) < 4.78 is 80.2. The molecule has 0 atom stereocenters. The zero-order valence-corrected chi connectivity index (χ0v) is 34.3. The van der Waals surface area contributed by atoms with Gasteiger partial charge in [0.1, 0.15) is 39.0 Å². The number of nitrogens with one attached hydrogen (secondary N) is 1. The minimum Gasteiger partial charge on any atom is -0.495 e. The number of rotatable bonds is 7. The van der Waals surface area contributed by atoms with Crippen LogP contribution in [0.25, 0.3) is 20.4 Å². The second-order valence-corrected chi connectivity index (χ2v) is 16.6. The Morgan fingerprint density at radius 1 is 0.831 bits per heavy atom. The maximum Gasteiger partial charge on any atom is 0.390 e. The number of ether oxygens (including phenoxy) is 1. The molecule has 1 aromatic carbocycles. The van der Waals surface area contributed by atoms with Crippen LogP contribution in [-0.2, 0) is 32.5 Å². The highest BCUT2D eigenvalue weighted by Crippen LogP contribution is 2.41. The van der Waals surface area contributed by atoms with E-state index in [-0.39, 0.29) is 13.1 Å². The molecular weight excluding hydrogens is 846 g/mol. The molecule has 0 fully saturated rings. The molecule has 314 valence electrons. The fourth-order valence-corrected chi connectivity index (χ4v) is 9.74. The largest absolute Gasteiger partial charge is 0.495 e. The van der Waals surface area contributed by atoms with Gasteiger partial charge in [-0.25, -0.2) is 29.5 Å². The number of halogens is 7. The van der Waals surface area contributed by atoms with Crippen molar-refractivity contribution in [2.45, 2.75) is 57.7 Å². The number of alkyl halides is 6. The number of fused-ring (bicyclic) bond motifs is 7. The summed E-state index contributed by atoms with van der Waals surface area (Å²) in [6.07, 6.45) is -4.76. The third-order valence-electron chi connectivity index (χ3n) is 10.1. The number of methoxy groups -OCH3 is 1. The van der Waals surface area contributed by atoms with Crippen molar-refractivity contribution in [2.75, 3.05) is 52.7 Å². The minimum atomic E-state index is -4.30. The summed E-state index contributed by atoms with van der Waals surface area (Å²) in [5.74, 6) is 1.33. The Bertz CT molecular complexity index is 2420. The van der Waals surface area contributed by atoms with Crippen LogP contribution in [0.3, 0.4) is 0 Å². The van der Waals surface area contributed by atoms with Gasteiger partial charge in [0.2, 0.25) is 0 Å². The van der Waals surface area contributed by atoms with Gasteiger partial charge in [-0.3, -0.25) is 4.99 Å².